The summed E-state index contributed by atoms with van der Waals surface area (Å²) in [5.74, 6) is 0.950. The van der Waals surface area contributed by atoms with Crippen LogP contribution in [-0.2, 0) is 4.74 Å². The van der Waals surface area contributed by atoms with Gasteiger partial charge in [0.05, 0.1) is 19.8 Å². The number of rotatable bonds is 6. The molecule has 3 rings (SSSR count). The van der Waals surface area contributed by atoms with E-state index in [1.165, 1.54) is 12.1 Å². The van der Waals surface area contributed by atoms with Crippen molar-refractivity contribution in [1.29, 1.82) is 0 Å². The molecule has 7 nitrogen and oxygen atoms in total. The Balaban J connectivity index is 0.00000363. The quantitative estimate of drug-likeness (QED) is 0.248. The fraction of sp³-hybridized carbons (Fsp3) is 0.391. The van der Waals surface area contributed by atoms with Crippen LogP contribution in [0, 0.1) is 5.82 Å². The molecule has 0 radical (unpaired) electrons. The van der Waals surface area contributed by atoms with E-state index < -0.39 is 0 Å². The third-order valence-electron chi connectivity index (χ3n) is 5.04. The molecule has 1 fully saturated rings. The van der Waals surface area contributed by atoms with Crippen LogP contribution in [0.3, 0.4) is 0 Å². The molecule has 2 N–H and O–H groups in total. The molecular formula is C23H30FIN4O3. The molecular weight excluding hydrogens is 526 g/mol. The summed E-state index contributed by atoms with van der Waals surface area (Å²) in [6.45, 7) is 4.26. The fourth-order valence-corrected chi connectivity index (χ4v) is 3.53. The van der Waals surface area contributed by atoms with Gasteiger partial charge in [0.2, 0.25) is 0 Å². The van der Waals surface area contributed by atoms with E-state index in [1.807, 2.05) is 6.92 Å². The summed E-state index contributed by atoms with van der Waals surface area (Å²) in [6.07, 6.45) is -0.175. The van der Waals surface area contributed by atoms with Crippen molar-refractivity contribution in [3.8, 4) is 5.75 Å². The Labute approximate surface area is 205 Å². The molecule has 0 aromatic heterocycles. The lowest BCUT2D eigenvalue weighted by atomic mass is 10.1. The number of guanidine groups is 1. The van der Waals surface area contributed by atoms with Gasteiger partial charge in [0.1, 0.15) is 17.7 Å². The molecule has 1 aliphatic rings. The molecule has 1 aliphatic heterocycles. The van der Waals surface area contributed by atoms with Crippen molar-refractivity contribution in [3.63, 3.8) is 0 Å². The van der Waals surface area contributed by atoms with Gasteiger partial charge in [0, 0.05) is 32.2 Å². The molecule has 0 spiro atoms. The maximum Gasteiger partial charge on any atom is 0.251 e. The molecule has 32 heavy (non-hydrogen) atoms. The number of aliphatic imine (C=N–C) groups is 1. The van der Waals surface area contributed by atoms with E-state index in [0.29, 0.717) is 37.5 Å². The van der Waals surface area contributed by atoms with Gasteiger partial charge in [-0.1, -0.05) is 18.2 Å². The number of morpholine rings is 1. The predicted molar refractivity (Wildman–Crippen MR) is 133 cm³/mol. The minimum atomic E-state index is -0.266. The predicted octanol–water partition coefficient (Wildman–Crippen LogP) is 3.22. The third-order valence-corrected chi connectivity index (χ3v) is 5.04. The molecule has 174 valence electrons. The number of carbonyl (C=O) groups is 1. The van der Waals surface area contributed by atoms with E-state index in [4.69, 9.17) is 9.47 Å². The minimum Gasteiger partial charge on any atom is -0.497 e. The maximum absolute atomic E-state index is 13.2. The summed E-state index contributed by atoms with van der Waals surface area (Å²) >= 11 is 0. The molecule has 1 saturated heterocycles. The van der Waals surface area contributed by atoms with Crippen LogP contribution in [0.1, 0.15) is 28.9 Å². The van der Waals surface area contributed by atoms with Crippen LogP contribution in [0.25, 0.3) is 0 Å². The second-order valence-electron chi connectivity index (χ2n) is 7.35. The first kappa shape index (κ1) is 25.9. The van der Waals surface area contributed by atoms with E-state index in [9.17, 15) is 9.18 Å². The number of nitrogens with one attached hydrogen (secondary N) is 2. The van der Waals surface area contributed by atoms with Gasteiger partial charge in [-0.3, -0.25) is 9.79 Å². The monoisotopic (exact) mass is 556 g/mol. The van der Waals surface area contributed by atoms with E-state index in [-0.39, 0.29) is 47.9 Å². The Hall–Kier alpha value is -2.40. The van der Waals surface area contributed by atoms with E-state index in [2.05, 4.69) is 20.5 Å². The number of halogens is 2. The molecule has 0 bridgehead atoms. The van der Waals surface area contributed by atoms with Gasteiger partial charge >= 0.3 is 0 Å². The molecule has 1 amide bonds. The highest BCUT2D eigenvalue weighted by Gasteiger charge is 2.28. The fourth-order valence-electron chi connectivity index (χ4n) is 3.53. The summed E-state index contributed by atoms with van der Waals surface area (Å²) in [4.78, 5) is 18.8. The van der Waals surface area contributed by atoms with Crippen LogP contribution in [-0.4, -0.2) is 63.2 Å². The Morgan fingerprint density at radius 1 is 1.19 bits per heavy atom. The summed E-state index contributed by atoms with van der Waals surface area (Å²) in [6, 6.07) is 13.4. The van der Waals surface area contributed by atoms with E-state index in [1.54, 1.807) is 50.6 Å². The molecule has 9 heteroatoms. The first-order valence-corrected chi connectivity index (χ1v) is 10.3. The maximum atomic E-state index is 13.2. The second-order valence-corrected chi connectivity index (χ2v) is 7.35. The molecule has 2 aromatic rings. The largest absolute Gasteiger partial charge is 0.497 e. The van der Waals surface area contributed by atoms with Crippen molar-refractivity contribution >= 4 is 35.8 Å². The van der Waals surface area contributed by atoms with Gasteiger partial charge in [-0.2, -0.15) is 0 Å². The number of amides is 1. The highest BCUT2D eigenvalue weighted by molar-refractivity contribution is 14.0. The summed E-state index contributed by atoms with van der Waals surface area (Å²) in [5, 5.41) is 6.18. The highest BCUT2D eigenvalue weighted by Crippen LogP contribution is 2.25. The lowest BCUT2D eigenvalue weighted by molar-refractivity contribution is -0.0604. The third kappa shape index (κ3) is 7.06. The van der Waals surface area contributed by atoms with Crippen LogP contribution in [0.2, 0.25) is 0 Å². The Bertz CT molecular complexity index is 910. The first-order chi connectivity index (χ1) is 15.0. The van der Waals surface area contributed by atoms with Crippen LogP contribution in [0.15, 0.2) is 53.5 Å². The second kappa shape index (κ2) is 12.6. The summed E-state index contributed by atoms with van der Waals surface area (Å²) < 4.78 is 24.5. The normalized spacial score (nSPS) is 18.5. The van der Waals surface area contributed by atoms with Gasteiger partial charge < -0.3 is 25.0 Å². The number of ether oxygens (including phenoxy) is 2. The average molecular weight is 556 g/mol. The molecule has 1 heterocycles. The Morgan fingerprint density at radius 2 is 1.91 bits per heavy atom. The van der Waals surface area contributed by atoms with Crippen molar-refractivity contribution in [1.82, 2.24) is 15.5 Å². The van der Waals surface area contributed by atoms with E-state index in [0.717, 1.165) is 11.5 Å². The van der Waals surface area contributed by atoms with Crippen LogP contribution in [0.4, 0.5) is 4.39 Å². The Morgan fingerprint density at radius 3 is 2.59 bits per heavy atom. The zero-order chi connectivity index (χ0) is 22.2. The van der Waals surface area contributed by atoms with Gasteiger partial charge in [-0.25, -0.2) is 4.39 Å². The smallest absolute Gasteiger partial charge is 0.251 e. The molecule has 0 aliphatic carbocycles. The molecule has 2 aromatic carbocycles. The van der Waals surface area contributed by atoms with Crippen molar-refractivity contribution in [3.05, 3.63) is 65.5 Å². The standard InChI is InChI=1S/C23H29FN4O3.HI/c1-16-14-28(15-21(31-16)17-7-9-19(24)10-8-17)23(25-2)27-12-11-26-22(29)18-5-4-6-20(13-18)30-3;/h4-10,13,16,21H,11-12,14-15H2,1-3H3,(H,25,27)(H,26,29);1H. The van der Waals surface area contributed by atoms with Crippen molar-refractivity contribution in [2.75, 3.05) is 40.3 Å². The van der Waals surface area contributed by atoms with Gasteiger partial charge in [0.25, 0.3) is 5.91 Å². The van der Waals surface area contributed by atoms with Gasteiger partial charge in [-0.05, 0) is 42.8 Å². The first-order valence-electron chi connectivity index (χ1n) is 10.3. The van der Waals surface area contributed by atoms with Crippen LogP contribution >= 0.6 is 24.0 Å². The van der Waals surface area contributed by atoms with Crippen LogP contribution in [0.5, 0.6) is 5.75 Å². The van der Waals surface area contributed by atoms with Crippen molar-refractivity contribution in [2.24, 2.45) is 4.99 Å². The van der Waals surface area contributed by atoms with Crippen molar-refractivity contribution in [2.45, 2.75) is 19.1 Å². The topological polar surface area (TPSA) is 75.2 Å². The molecule has 2 atom stereocenters. The van der Waals surface area contributed by atoms with Gasteiger partial charge in [0.15, 0.2) is 5.96 Å². The number of carbonyl (C=O) groups excluding carboxylic acids is 1. The van der Waals surface area contributed by atoms with Crippen LogP contribution < -0.4 is 15.4 Å². The molecule has 2 unspecified atom stereocenters. The van der Waals surface area contributed by atoms with Crippen molar-refractivity contribution < 1.29 is 18.7 Å². The zero-order valence-electron chi connectivity index (χ0n) is 18.5. The number of benzene rings is 2. The average Bonchev–Trinajstić information content (AvgIpc) is 2.79. The lowest BCUT2D eigenvalue weighted by Gasteiger charge is -2.38. The lowest BCUT2D eigenvalue weighted by Crippen LogP contribution is -2.51. The van der Waals surface area contributed by atoms with Gasteiger partial charge in [-0.15, -0.1) is 24.0 Å². The van der Waals surface area contributed by atoms with E-state index >= 15 is 0 Å². The number of hydrogen-bond acceptors (Lipinski definition) is 4. The summed E-state index contributed by atoms with van der Waals surface area (Å²) in [5.41, 5.74) is 1.48. The molecule has 0 saturated carbocycles. The minimum absolute atomic E-state index is 0. The zero-order valence-corrected chi connectivity index (χ0v) is 20.8. The number of nitrogens with zero attached hydrogens (tertiary/aromatic N) is 2. The SMILES string of the molecule is CN=C(NCCNC(=O)c1cccc(OC)c1)N1CC(C)OC(c2ccc(F)cc2)C1.I. The highest BCUT2D eigenvalue weighted by atomic mass is 127. The number of methoxy groups -OCH3 is 1. The summed E-state index contributed by atoms with van der Waals surface area (Å²) in [7, 11) is 3.30. The Kier molecular flexibility index (Phi) is 10.2. The number of hydrogen-bond donors (Lipinski definition) is 2.